The van der Waals surface area contributed by atoms with Gasteiger partial charge in [-0.15, -0.1) is 0 Å². The molecular weight excluding hydrogens is 283 g/mol. The molecule has 0 aliphatic rings. The van der Waals surface area contributed by atoms with Gasteiger partial charge in [0, 0.05) is 6.20 Å². The molecule has 0 fully saturated rings. The predicted octanol–water partition coefficient (Wildman–Crippen LogP) is 2.43. The lowest BCUT2D eigenvalue weighted by molar-refractivity contribution is -0.140. The van der Waals surface area contributed by atoms with Gasteiger partial charge in [-0.2, -0.15) is 18.3 Å². The molecule has 21 heavy (non-hydrogen) atoms. The van der Waals surface area contributed by atoms with E-state index in [1.54, 1.807) is 30.5 Å². The van der Waals surface area contributed by atoms with Crippen molar-refractivity contribution in [2.45, 2.75) is 19.3 Å². The Morgan fingerprint density at radius 3 is 2.62 bits per heavy atom. The van der Waals surface area contributed by atoms with E-state index >= 15 is 0 Å². The SMILES string of the molecule is Nc1cnn(Cc2nc3ccccc3n2CC(F)(F)F)c1. The molecular formula is C13H12F3N5. The predicted molar refractivity (Wildman–Crippen MR) is 71.5 cm³/mol. The molecule has 3 rings (SSSR count). The second-order valence-electron chi connectivity index (χ2n) is 4.69. The molecule has 0 spiro atoms. The summed E-state index contributed by atoms with van der Waals surface area (Å²) >= 11 is 0. The van der Waals surface area contributed by atoms with E-state index < -0.39 is 12.7 Å². The summed E-state index contributed by atoms with van der Waals surface area (Å²) in [6.45, 7) is -0.957. The van der Waals surface area contributed by atoms with E-state index in [1.165, 1.54) is 10.9 Å². The molecule has 0 radical (unpaired) electrons. The lowest BCUT2D eigenvalue weighted by atomic mass is 10.3. The van der Waals surface area contributed by atoms with Crippen molar-refractivity contribution >= 4 is 16.7 Å². The van der Waals surface area contributed by atoms with Gasteiger partial charge in [0.1, 0.15) is 12.4 Å². The molecule has 0 atom stereocenters. The summed E-state index contributed by atoms with van der Waals surface area (Å²) < 4.78 is 41.0. The normalized spacial score (nSPS) is 12.1. The lowest BCUT2D eigenvalue weighted by Crippen LogP contribution is -2.20. The van der Waals surface area contributed by atoms with Gasteiger partial charge in [-0.1, -0.05) is 12.1 Å². The van der Waals surface area contributed by atoms with Gasteiger partial charge in [-0.05, 0) is 12.1 Å². The minimum atomic E-state index is -4.32. The number of fused-ring (bicyclic) bond motifs is 1. The Kier molecular flexibility index (Phi) is 3.08. The maximum Gasteiger partial charge on any atom is 0.406 e. The van der Waals surface area contributed by atoms with Crippen molar-refractivity contribution in [3.8, 4) is 0 Å². The Hall–Kier alpha value is -2.51. The van der Waals surface area contributed by atoms with Crippen LogP contribution in [0.2, 0.25) is 0 Å². The monoisotopic (exact) mass is 295 g/mol. The molecule has 3 aromatic rings. The van der Waals surface area contributed by atoms with Gasteiger partial charge in [-0.25, -0.2) is 4.98 Å². The van der Waals surface area contributed by atoms with E-state index in [0.29, 0.717) is 16.7 Å². The lowest BCUT2D eigenvalue weighted by Gasteiger charge is -2.12. The highest BCUT2D eigenvalue weighted by Gasteiger charge is 2.30. The summed E-state index contributed by atoms with van der Waals surface area (Å²) in [4.78, 5) is 4.26. The molecule has 1 aromatic carbocycles. The highest BCUT2D eigenvalue weighted by atomic mass is 19.4. The zero-order valence-corrected chi connectivity index (χ0v) is 10.9. The van der Waals surface area contributed by atoms with E-state index in [1.807, 2.05) is 0 Å². The van der Waals surface area contributed by atoms with Gasteiger partial charge >= 0.3 is 6.18 Å². The van der Waals surface area contributed by atoms with E-state index in [-0.39, 0.29) is 12.4 Å². The number of alkyl halides is 3. The fourth-order valence-electron chi connectivity index (χ4n) is 2.21. The third-order valence-electron chi connectivity index (χ3n) is 3.03. The number of nitrogen functional groups attached to an aromatic ring is 1. The fraction of sp³-hybridized carbons (Fsp3) is 0.231. The molecule has 0 saturated carbocycles. The number of aromatic nitrogens is 4. The van der Waals surface area contributed by atoms with Crippen LogP contribution in [-0.2, 0) is 13.1 Å². The second kappa shape index (κ2) is 4.80. The number of anilines is 1. The minimum absolute atomic E-state index is 0.127. The van der Waals surface area contributed by atoms with Crippen molar-refractivity contribution in [3.63, 3.8) is 0 Å². The summed E-state index contributed by atoms with van der Waals surface area (Å²) in [5, 5.41) is 3.98. The number of benzene rings is 1. The number of imidazole rings is 1. The molecule has 0 saturated heterocycles. The summed E-state index contributed by atoms with van der Waals surface area (Å²) in [7, 11) is 0. The van der Waals surface area contributed by atoms with Crippen LogP contribution in [0.15, 0.2) is 36.7 Å². The number of rotatable bonds is 3. The van der Waals surface area contributed by atoms with Gasteiger partial charge in [0.2, 0.25) is 0 Å². The van der Waals surface area contributed by atoms with Crippen molar-refractivity contribution in [2.24, 2.45) is 0 Å². The quantitative estimate of drug-likeness (QED) is 0.807. The fourth-order valence-corrected chi connectivity index (χ4v) is 2.21. The van der Waals surface area contributed by atoms with Gasteiger partial charge in [0.05, 0.1) is 29.5 Å². The van der Waals surface area contributed by atoms with Gasteiger partial charge < -0.3 is 10.3 Å². The third kappa shape index (κ3) is 2.83. The topological polar surface area (TPSA) is 61.7 Å². The van der Waals surface area contributed by atoms with Crippen molar-refractivity contribution in [3.05, 3.63) is 42.5 Å². The highest BCUT2D eigenvalue weighted by Crippen LogP contribution is 2.24. The van der Waals surface area contributed by atoms with Crippen LogP contribution in [-0.4, -0.2) is 25.5 Å². The zero-order valence-electron chi connectivity index (χ0n) is 10.9. The molecule has 0 unspecified atom stereocenters. The van der Waals surface area contributed by atoms with E-state index in [9.17, 15) is 13.2 Å². The number of hydrogen-bond acceptors (Lipinski definition) is 3. The Bertz CT molecular complexity index is 772. The van der Waals surface area contributed by atoms with Crippen molar-refractivity contribution in [2.75, 3.05) is 5.73 Å². The Morgan fingerprint density at radius 2 is 1.95 bits per heavy atom. The molecule has 2 aromatic heterocycles. The zero-order chi connectivity index (χ0) is 15.0. The molecule has 0 amide bonds. The molecule has 2 heterocycles. The van der Waals surface area contributed by atoms with Crippen LogP contribution in [0.4, 0.5) is 18.9 Å². The van der Waals surface area contributed by atoms with Gasteiger partial charge in [-0.3, -0.25) is 4.68 Å². The van der Waals surface area contributed by atoms with Gasteiger partial charge in [0.25, 0.3) is 0 Å². The van der Waals surface area contributed by atoms with E-state index in [2.05, 4.69) is 10.1 Å². The number of nitrogens with zero attached hydrogens (tertiary/aromatic N) is 4. The molecule has 0 aliphatic carbocycles. The van der Waals surface area contributed by atoms with Crippen molar-refractivity contribution < 1.29 is 13.2 Å². The van der Waals surface area contributed by atoms with Crippen LogP contribution in [0.3, 0.4) is 0 Å². The number of halogens is 3. The average Bonchev–Trinajstić information content (AvgIpc) is 2.94. The first-order chi connectivity index (χ1) is 9.92. The van der Waals surface area contributed by atoms with Crippen molar-refractivity contribution in [1.82, 2.24) is 19.3 Å². The summed E-state index contributed by atoms with van der Waals surface area (Å²) in [6, 6.07) is 6.73. The van der Waals surface area contributed by atoms with E-state index in [0.717, 1.165) is 4.57 Å². The average molecular weight is 295 g/mol. The number of hydrogen-bond donors (Lipinski definition) is 1. The van der Waals surface area contributed by atoms with Crippen LogP contribution in [0.1, 0.15) is 5.82 Å². The molecule has 2 N–H and O–H groups in total. The second-order valence-corrected chi connectivity index (χ2v) is 4.69. The maximum atomic E-state index is 12.8. The first-order valence-corrected chi connectivity index (χ1v) is 6.21. The molecule has 0 aliphatic heterocycles. The third-order valence-corrected chi connectivity index (χ3v) is 3.03. The van der Waals surface area contributed by atoms with Crippen LogP contribution >= 0.6 is 0 Å². The maximum absolute atomic E-state index is 12.8. The Labute approximate surface area is 117 Å². The number of nitrogens with two attached hydrogens (primary N) is 1. The van der Waals surface area contributed by atoms with E-state index in [4.69, 9.17) is 5.73 Å². The molecule has 110 valence electrons. The molecule has 0 bridgehead atoms. The largest absolute Gasteiger partial charge is 0.406 e. The van der Waals surface area contributed by atoms with Crippen LogP contribution in [0.25, 0.3) is 11.0 Å². The van der Waals surface area contributed by atoms with Crippen LogP contribution in [0, 0.1) is 0 Å². The van der Waals surface area contributed by atoms with Crippen molar-refractivity contribution in [1.29, 1.82) is 0 Å². The first-order valence-electron chi connectivity index (χ1n) is 6.21. The molecule has 8 heteroatoms. The first kappa shape index (κ1) is 13.5. The van der Waals surface area contributed by atoms with Gasteiger partial charge in [0.15, 0.2) is 0 Å². The number of para-hydroxylation sites is 2. The highest BCUT2D eigenvalue weighted by molar-refractivity contribution is 5.75. The summed E-state index contributed by atoms with van der Waals surface area (Å²) in [6.07, 6.45) is -1.32. The molecule has 5 nitrogen and oxygen atoms in total. The summed E-state index contributed by atoms with van der Waals surface area (Å²) in [5.74, 6) is 0.289. The van der Waals surface area contributed by atoms with Crippen LogP contribution in [0.5, 0.6) is 0 Å². The minimum Gasteiger partial charge on any atom is -0.396 e. The standard InChI is InChI=1S/C13H12F3N5/c14-13(15,16)8-21-11-4-2-1-3-10(11)19-12(21)7-20-6-9(17)5-18-20/h1-6H,7-8,17H2. The summed E-state index contributed by atoms with van der Waals surface area (Å²) in [5.41, 5.74) is 6.98. The Morgan fingerprint density at radius 1 is 1.19 bits per heavy atom. The smallest absolute Gasteiger partial charge is 0.396 e. The van der Waals surface area contributed by atoms with Crippen LogP contribution < -0.4 is 5.73 Å². The Balaban J connectivity index is 2.05.